The van der Waals surface area contributed by atoms with Crippen LogP contribution in [0.15, 0.2) is 54.6 Å². The second-order valence-electron chi connectivity index (χ2n) is 5.80. The molecule has 0 aliphatic carbocycles. The maximum atomic E-state index is 12.1. The molecule has 6 nitrogen and oxygen atoms in total. The van der Waals surface area contributed by atoms with E-state index >= 15 is 0 Å². The van der Waals surface area contributed by atoms with Gasteiger partial charge in [-0.3, -0.25) is 4.79 Å². The topological polar surface area (TPSA) is 95.1 Å². The van der Waals surface area contributed by atoms with Gasteiger partial charge in [0.1, 0.15) is 17.8 Å². The van der Waals surface area contributed by atoms with Crippen LogP contribution in [0.1, 0.15) is 24.9 Å². The standard InChI is InChI=1S/C19H22N2O4/c1-13(14-6-4-3-5-7-14)20-17(19(23)24)12-18(22)21-15-8-10-16(25-2)11-9-15/h3-11,13,17,20H,12H2,1-2H3,(H,21,22)(H,23,24)/t13-,17-/m0/s1. The fraction of sp³-hybridized carbons (Fsp3) is 0.263. The molecule has 2 rings (SSSR count). The highest BCUT2D eigenvalue weighted by molar-refractivity contribution is 5.93. The lowest BCUT2D eigenvalue weighted by atomic mass is 10.1. The van der Waals surface area contributed by atoms with Crippen LogP contribution in [0.4, 0.5) is 5.69 Å². The molecular formula is C19H22N2O4. The Bertz CT molecular complexity index is 701. The van der Waals surface area contributed by atoms with E-state index in [-0.39, 0.29) is 18.4 Å². The third-order valence-corrected chi connectivity index (χ3v) is 3.93. The highest BCUT2D eigenvalue weighted by atomic mass is 16.5. The number of nitrogens with one attached hydrogen (secondary N) is 1. The third kappa shape index (κ3) is 5.61. The summed E-state index contributed by atoms with van der Waals surface area (Å²) in [6, 6.07) is 15.3. The molecule has 25 heavy (non-hydrogen) atoms. The number of amides is 1. The molecule has 0 heterocycles. The molecule has 0 spiro atoms. The van der Waals surface area contributed by atoms with E-state index in [2.05, 4.69) is 5.32 Å². The molecule has 0 fully saturated rings. The molecule has 3 N–H and O–H groups in total. The van der Waals surface area contributed by atoms with Crippen LogP contribution >= 0.6 is 0 Å². The zero-order chi connectivity index (χ0) is 18.2. The van der Waals surface area contributed by atoms with Gasteiger partial charge in [-0.05, 0) is 31.2 Å². The van der Waals surface area contributed by atoms with Gasteiger partial charge in [-0.15, -0.1) is 0 Å². The van der Waals surface area contributed by atoms with Crippen LogP contribution in [0, 0.1) is 0 Å². The lowest BCUT2D eigenvalue weighted by molar-refractivity contribution is -0.717. The number of ether oxygens (including phenoxy) is 1. The quantitative estimate of drug-likeness (QED) is 0.729. The van der Waals surface area contributed by atoms with Crippen molar-refractivity contribution in [2.45, 2.75) is 25.4 Å². The monoisotopic (exact) mass is 342 g/mol. The molecule has 2 aromatic rings. The van der Waals surface area contributed by atoms with E-state index in [0.29, 0.717) is 11.4 Å². The van der Waals surface area contributed by atoms with Crippen molar-refractivity contribution in [1.82, 2.24) is 0 Å². The van der Waals surface area contributed by atoms with E-state index in [1.165, 1.54) is 0 Å². The van der Waals surface area contributed by atoms with Crippen LogP contribution in [0.25, 0.3) is 0 Å². The van der Waals surface area contributed by atoms with Gasteiger partial charge in [-0.2, -0.15) is 0 Å². The normalized spacial score (nSPS) is 12.9. The smallest absolute Gasteiger partial charge is 0.230 e. The Morgan fingerprint density at radius 1 is 1.12 bits per heavy atom. The summed E-state index contributed by atoms with van der Waals surface area (Å²) in [7, 11) is 1.56. The molecular weight excluding hydrogens is 320 g/mol. The molecule has 0 saturated heterocycles. The molecule has 0 aliphatic heterocycles. The highest BCUT2D eigenvalue weighted by Gasteiger charge is 2.22. The van der Waals surface area contributed by atoms with Crippen molar-refractivity contribution in [3.63, 3.8) is 0 Å². The van der Waals surface area contributed by atoms with Gasteiger partial charge in [0.15, 0.2) is 0 Å². The van der Waals surface area contributed by atoms with Gasteiger partial charge in [0.2, 0.25) is 5.91 Å². The molecule has 132 valence electrons. The summed E-state index contributed by atoms with van der Waals surface area (Å²) in [4.78, 5) is 23.5. The Hall–Kier alpha value is -2.86. The van der Waals surface area contributed by atoms with E-state index in [1.807, 2.05) is 37.3 Å². The number of quaternary nitrogens is 1. The fourth-order valence-electron chi connectivity index (χ4n) is 2.53. The summed E-state index contributed by atoms with van der Waals surface area (Å²) >= 11 is 0. The van der Waals surface area contributed by atoms with E-state index < -0.39 is 12.0 Å². The summed E-state index contributed by atoms with van der Waals surface area (Å²) in [6.45, 7) is 1.90. The van der Waals surface area contributed by atoms with Crippen molar-refractivity contribution >= 4 is 17.6 Å². The lowest BCUT2D eigenvalue weighted by Gasteiger charge is -2.21. The van der Waals surface area contributed by atoms with Gasteiger partial charge in [0.05, 0.1) is 19.5 Å². The second kappa shape index (κ2) is 8.84. The maximum absolute atomic E-state index is 12.1. The number of hydrogen-bond acceptors (Lipinski definition) is 4. The molecule has 2 atom stereocenters. The van der Waals surface area contributed by atoms with Crippen molar-refractivity contribution in [2.24, 2.45) is 0 Å². The van der Waals surface area contributed by atoms with Crippen LogP contribution in [-0.2, 0) is 9.59 Å². The minimum atomic E-state index is -1.26. The van der Waals surface area contributed by atoms with Gasteiger partial charge in [-0.25, -0.2) is 0 Å². The molecule has 0 saturated carbocycles. The summed E-state index contributed by atoms with van der Waals surface area (Å²) in [6.07, 6.45) is -0.175. The van der Waals surface area contributed by atoms with Crippen molar-refractivity contribution in [3.05, 3.63) is 60.2 Å². The average molecular weight is 342 g/mol. The minimum Gasteiger partial charge on any atom is -0.544 e. The molecule has 0 radical (unpaired) electrons. The second-order valence-corrected chi connectivity index (χ2v) is 5.80. The summed E-state index contributed by atoms with van der Waals surface area (Å²) < 4.78 is 5.05. The van der Waals surface area contributed by atoms with Gasteiger partial charge >= 0.3 is 0 Å². The zero-order valence-electron chi connectivity index (χ0n) is 14.3. The van der Waals surface area contributed by atoms with Crippen LogP contribution in [-0.4, -0.2) is 25.0 Å². The fourth-order valence-corrected chi connectivity index (χ4v) is 2.53. The minimum absolute atomic E-state index is 0.0992. The lowest BCUT2D eigenvalue weighted by Crippen LogP contribution is -2.93. The predicted molar refractivity (Wildman–Crippen MR) is 91.8 cm³/mol. The van der Waals surface area contributed by atoms with Gasteiger partial charge in [0, 0.05) is 11.3 Å². The van der Waals surface area contributed by atoms with E-state index in [9.17, 15) is 14.7 Å². The Labute approximate surface area is 146 Å². The molecule has 0 unspecified atom stereocenters. The third-order valence-electron chi connectivity index (χ3n) is 3.93. The van der Waals surface area contributed by atoms with Crippen molar-refractivity contribution in [3.8, 4) is 5.75 Å². The number of carboxylic acids is 1. The number of carboxylic acid groups (broad SMARTS) is 1. The SMILES string of the molecule is COc1ccc(NC(=O)C[C@H]([NH2+][C@@H](C)c2ccccc2)C(=O)[O-])cc1. The number of nitrogens with two attached hydrogens (primary N) is 1. The summed E-state index contributed by atoms with van der Waals surface area (Å²) in [5.74, 6) is -0.959. The molecule has 1 amide bonds. The predicted octanol–water partition coefficient (Wildman–Crippen LogP) is 0.467. The van der Waals surface area contributed by atoms with Crippen LogP contribution < -0.4 is 20.5 Å². The molecule has 0 bridgehead atoms. The van der Waals surface area contributed by atoms with E-state index in [4.69, 9.17) is 4.74 Å². The van der Waals surface area contributed by atoms with Crippen molar-refractivity contribution < 1.29 is 24.7 Å². The first-order valence-electron chi connectivity index (χ1n) is 8.04. The van der Waals surface area contributed by atoms with Crippen LogP contribution in [0.2, 0.25) is 0 Å². The first-order chi connectivity index (χ1) is 12.0. The maximum Gasteiger partial charge on any atom is 0.230 e. The molecule has 2 aromatic carbocycles. The average Bonchev–Trinajstić information content (AvgIpc) is 2.62. The van der Waals surface area contributed by atoms with Crippen molar-refractivity contribution in [2.75, 3.05) is 12.4 Å². The molecule has 0 aliphatic rings. The Kier molecular flexibility index (Phi) is 6.54. The Morgan fingerprint density at radius 2 is 1.76 bits per heavy atom. The van der Waals surface area contributed by atoms with Crippen LogP contribution in [0.3, 0.4) is 0 Å². The number of methoxy groups -OCH3 is 1. The number of hydrogen-bond donors (Lipinski definition) is 2. The Balaban J connectivity index is 1.95. The summed E-state index contributed by atoms with van der Waals surface area (Å²) in [5.41, 5.74) is 1.57. The number of rotatable bonds is 8. The zero-order valence-corrected chi connectivity index (χ0v) is 14.3. The van der Waals surface area contributed by atoms with E-state index in [1.54, 1.807) is 36.7 Å². The first kappa shape index (κ1) is 18.5. The van der Waals surface area contributed by atoms with Gasteiger partial charge in [0.25, 0.3) is 0 Å². The molecule has 0 aromatic heterocycles. The van der Waals surface area contributed by atoms with E-state index in [0.717, 1.165) is 5.56 Å². The first-order valence-corrected chi connectivity index (χ1v) is 8.04. The number of anilines is 1. The molecule has 6 heteroatoms. The largest absolute Gasteiger partial charge is 0.544 e. The van der Waals surface area contributed by atoms with Crippen molar-refractivity contribution in [1.29, 1.82) is 0 Å². The van der Waals surface area contributed by atoms with Gasteiger partial charge in [-0.1, -0.05) is 30.3 Å². The number of benzene rings is 2. The summed E-state index contributed by atoms with van der Waals surface area (Å²) in [5, 5.41) is 15.7. The van der Waals surface area contributed by atoms with Gasteiger partial charge < -0.3 is 25.3 Å². The highest BCUT2D eigenvalue weighted by Crippen LogP contribution is 2.15. The number of aliphatic carboxylic acids is 1. The number of carbonyl (C=O) groups excluding carboxylic acids is 2. The van der Waals surface area contributed by atoms with Crippen LogP contribution in [0.5, 0.6) is 5.75 Å². The Morgan fingerprint density at radius 3 is 2.32 bits per heavy atom. The number of carbonyl (C=O) groups is 2.